The van der Waals surface area contributed by atoms with Gasteiger partial charge in [0.2, 0.25) is 0 Å². The van der Waals surface area contributed by atoms with Crippen molar-refractivity contribution in [3.63, 3.8) is 0 Å². The van der Waals surface area contributed by atoms with Gasteiger partial charge >= 0.3 is 6.09 Å². The van der Waals surface area contributed by atoms with Gasteiger partial charge in [-0.1, -0.05) is 35.3 Å². The van der Waals surface area contributed by atoms with E-state index in [4.69, 9.17) is 32.7 Å². The van der Waals surface area contributed by atoms with E-state index in [2.05, 4.69) is 12.1 Å². The van der Waals surface area contributed by atoms with Gasteiger partial charge in [0, 0.05) is 23.1 Å². The summed E-state index contributed by atoms with van der Waals surface area (Å²) in [5.74, 6) is 1.77. The first kappa shape index (κ1) is 20.8. The minimum atomic E-state index is -0.460. The summed E-state index contributed by atoms with van der Waals surface area (Å²) in [6, 6.07) is 13.1. The van der Waals surface area contributed by atoms with Crippen LogP contribution in [0.2, 0.25) is 10.0 Å². The van der Waals surface area contributed by atoms with Crippen LogP contribution in [0.15, 0.2) is 42.5 Å². The van der Waals surface area contributed by atoms with Gasteiger partial charge in [-0.3, -0.25) is 0 Å². The number of hydrogen-bond donors (Lipinski definition) is 0. The fourth-order valence-corrected chi connectivity index (χ4v) is 3.75. The Morgan fingerprint density at radius 1 is 1.07 bits per heavy atom. The van der Waals surface area contributed by atoms with Crippen molar-refractivity contribution < 1.29 is 14.3 Å². The number of nitrogens with zero attached hydrogens (tertiary/aromatic N) is 1. The first-order valence-corrected chi connectivity index (χ1v) is 10.1. The number of rotatable bonds is 4. The van der Waals surface area contributed by atoms with Crippen molar-refractivity contribution >= 4 is 29.3 Å². The lowest BCUT2D eigenvalue weighted by Gasteiger charge is -2.24. The maximum atomic E-state index is 12.2. The fourth-order valence-electron chi connectivity index (χ4n) is 3.24. The maximum Gasteiger partial charge on any atom is 0.410 e. The van der Waals surface area contributed by atoms with E-state index in [0.717, 1.165) is 31.7 Å². The Hall–Kier alpha value is -1.91. The van der Waals surface area contributed by atoms with E-state index < -0.39 is 5.60 Å². The molecule has 0 radical (unpaired) electrons. The summed E-state index contributed by atoms with van der Waals surface area (Å²) in [4.78, 5) is 14.0. The molecule has 0 bridgehead atoms. The van der Waals surface area contributed by atoms with E-state index in [1.54, 1.807) is 23.1 Å². The fraction of sp³-hybridized carbons (Fsp3) is 0.409. The van der Waals surface area contributed by atoms with Crippen LogP contribution in [0.4, 0.5) is 4.79 Å². The van der Waals surface area contributed by atoms with Crippen LogP contribution in [-0.2, 0) is 11.2 Å². The van der Waals surface area contributed by atoms with Crippen molar-refractivity contribution in [2.45, 2.75) is 39.2 Å². The third kappa shape index (κ3) is 6.05. The third-order valence-electron chi connectivity index (χ3n) is 4.46. The summed E-state index contributed by atoms with van der Waals surface area (Å²) in [6.07, 6.45) is 1.68. The summed E-state index contributed by atoms with van der Waals surface area (Å²) < 4.78 is 11.3. The SMILES string of the molecule is CC(C)(C)OC(=O)N1CC[C@@H](Cc2ccc(Oc3cc(Cl)cc(Cl)c3)cc2)C1. The molecular formula is C22H25Cl2NO3. The Morgan fingerprint density at radius 3 is 2.32 bits per heavy atom. The molecule has 28 heavy (non-hydrogen) atoms. The monoisotopic (exact) mass is 421 g/mol. The molecule has 1 heterocycles. The Balaban J connectivity index is 1.54. The molecule has 1 atom stereocenters. The van der Waals surface area contributed by atoms with Crippen LogP contribution in [0.1, 0.15) is 32.8 Å². The molecule has 1 saturated heterocycles. The third-order valence-corrected chi connectivity index (χ3v) is 4.89. The van der Waals surface area contributed by atoms with Gasteiger partial charge in [0.15, 0.2) is 0 Å². The molecule has 0 aromatic heterocycles. The van der Waals surface area contributed by atoms with Crippen molar-refractivity contribution in [2.24, 2.45) is 5.92 Å². The highest BCUT2D eigenvalue weighted by atomic mass is 35.5. The molecule has 0 aliphatic carbocycles. The Labute approximate surface area is 176 Å². The second-order valence-electron chi connectivity index (χ2n) is 8.14. The van der Waals surface area contributed by atoms with Gasteiger partial charge in [-0.05, 0) is 75.4 Å². The van der Waals surface area contributed by atoms with Crippen LogP contribution in [0.25, 0.3) is 0 Å². The zero-order chi connectivity index (χ0) is 20.3. The van der Waals surface area contributed by atoms with Crippen LogP contribution in [0.5, 0.6) is 11.5 Å². The summed E-state index contributed by atoms with van der Waals surface area (Å²) in [5, 5.41) is 1.07. The van der Waals surface area contributed by atoms with Crippen molar-refractivity contribution in [2.75, 3.05) is 13.1 Å². The Kier molecular flexibility index (Phi) is 6.41. The zero-order valence-electron chi connectivity index (χ0n) is 16.4. The standard InChI is InChI=1S/C22H25Cl2NO3/c1-22(2,3)28-21(26)25-9-8-16(14-25)10-15-4-6-19(7-5-15)27-20-12-17(23)11-18(24)13-20/h4-7,11-13,16H,8-10,14H2,1-3H3/t16-/m0/s1. The molecule has 0 saturated carbocycles. The smallest absolute Gasteiger partial charge is 0.410 e. The predicted molar refractivity (Wildman–Crippen MR) is 113 cm³/mol. The van der Waals surface area contributed by atoms with Gasteiger partial charge in [-0.2, -0.15) is 0 Å². The van der Waals surface area contributed by atoms with Crippen LogP contribution in [0.3, 0.4) is 0 Å². The predicted octanol–water partition coefficient (Wildman–Crippen LogP) is 6.59. The highest BCUT2D eigenvalue weighted by molar-refractivity contribution is 6.34. The maximum absolute atomic E-state index is 12.2. The molecule has 4 nitrogen and oxygen atoms in total. The normalized spacial score (nSPS) is 16.9. The minimum Gasteiger partial charge on any atom is -0.457 e. The van der Waals surface area contributed by atoms with Crippen molar-refractivity contribution in [1.82, 2.24) is 4.90 Å². The summed E-state index contributed by atoms with van der Waals surface area (Å²) >= 11 is 12.0. The quantitative estimate of drug-likeness (QED) is 0.558. The van der Waals surface area contributed by atoms with Crippen LogP contribution >= 0.6 is 23.2 Å². The lowest BCUT2D eigenvalue weighted by Crippen LogP contribution is -2.35. The second kappa shape index (κ2) is 8.62. The number of carbonyl (C=O) groups is 1. The molecular weight excluding hydrogens is 397 g/mol. The van der Waals surface area contributed by atoms with Crippen molar-refractivity contribution in [1.29, 1.82) is 0 Å². The van der Waals surface area contributed by atoms with Crippen LogP contribution in [0, 0.1) is 5.92 Å². The molecule has 1 amide bonds. The number of amides is 1. The highest BCUT2D eigenvalue weighted by Crippen LogP contribution is 2.29. The van der Waals surface area contributed by atoms with E-state index in [0.29, 0.717) is 21.7 Å². The van der Waals surface area contributed by atoms with E-state index in [1.807, 2.05) is 32.9 Å². The van der Waals surface area contributed by atoms with E-state index >= 15 is 0 Å². The minimum absolute atomic E-state index is 0.223. The van der Waals surface area contributed by atoms with Gasteiger partial charge in [0.05, 0.1) is 0 Å². The molecule has 6 heteroatoms. The second-order valence-corrected chi connectivity index (χ2v) is 9.01. The number of ether oxygens (including phenoxy) is 2. The molecule has 0 unspecified atom stereocenters. The van der Waals surface area contributed by atoms with Crippen molar-refractivity contribution in [3.05, 3.63) is 58.1 Å². The molecule has 1 aliphatic heterocycles. The summed E-state index contributed by atoms with van der Waals surface area (Å²) in [7, 11) is 0. The number of halogens is 2. The first-order valence-electron chi connectivity index (χ1n) is 9.39. The Bertz CT molecular complexity index is 810. The van der Waals surface area contributed by atoms with Gasteiger partial charge in [-0.15, -0.1) is 0 Å². The van der Waals surface area contributed by atoms with E-state index in [1.165, 1.54) is 5.56 Å². The topological polar surface area (TPSA) is 38.8 Å². The van der Waals surface area contributed by atoms with Gasteiger partial charge in [-0.25, -0.2) is 4.79 Å². The van der Waals surface area contributed by atoms with E-state index in [-0.39, 0.29) is 6.09 Å². The number of benzene rings is 2. The zero-order valence-corrected chi connectivity index (χ0v) is 17.9. The molecule has 1 aliphatic rings. The molecule has 0 N–H and O–H groups in total. The number of likely N-dealkylation sites (tertiary alicyclic amines) is 1. The molecule has 3 rings (SSSR count). The average molecular weight is 422 g/mol. The summed E-state index contributed by atoms with van der Waals surface area (Å²) in [5.41, 5.74) is 0.755. The largest absolute Gasteiger partial charge is 0.457 e. The van der Waals surface area contributed by atoms with Gasteiger partial charge in [0.25, 0.3) is 0 Å². The number of carbonyl (C=O) groups excluding carboxylic acids is 1. The van der Waals surface area contributed by atoms with Gasteiger partial charge in [0.1, 0.15) is 17.1 Å². The van der Waals surface area contributed by atoms with Crippen molar-refractivity contribution in [3.8, 4) is 11.5 Å². The molecule has 2 aromatic rings. The van der Waals surface area contributed by atoms with Gasteiger partial charge < -0.3 is 14.4 Å². The Morgan fingerprint density at radius 2 is 1.71 bits per heavy atom. The molecule has 1 fully saturated rings. The first-order chi connectivity index (χ1) is 13.2. The molecule has 2 aromatic carbocycles. The van der Waals surface area contributed by atoms with Crippen LogP contribution in [-0.4, -0.2) is 29.7 Å². The molecule has 0 spiro atoms. The van der Waals surface area contributed by atoms with E-state index in [9.17, 15) is 4.79 Å². The summed E-state index contributed by atoms with van der Waals surface area (Å²) in [6.45, 7) is 7.14. The highest BCUT2D eigenvalue weighted by Gasteiger charge is 2.29. The lowest BCUT2D eigenvalue weighted by atomic mass is 9.99. The molecule has 150 valence electrons. The van der Waals surface area contributed by atoms with Crippen LogP contribution < -0.4 is 4.74 Å². The lowest BCUT2D eigenvalue weighted by molar-refractivity contribution is 0.0288. The number of hydrogen-bond acceptors (Lipinski definition) is 3. The average Bonchev–Trinajstić information content (AvgIpc) is 3.03.